The van der Waals surface area contributed by atoms with Gasteiger partial charge in [0.15, 0.2) is 0 Å². The van der Waals surface area contributed by atoms with Gasteiger partial charge in [0.1, 0.15) is 5.75 Å². The van der Waals surface area contributed by atoms with Crippen LogP contribution >= 0.6 is 0 Å². The number of aromatic amines is 1. The third-order valence-electron chi connectivity index (χ3n) is 3.11. The summed E-state index contributed by atoms with van der Waals surface area (Å²) in [5, 5.41) is 4.54. The van der Waals surface area contributed by atoms with Crippen molar-refractivity contribution in [2.24, 2.45) is 0 Å². The SMILES string of the molecule is COc1ccc2c3c([nH]c2c1)C(C)NC=C3. The minimum Gasteiger partial charge on any atom is -0.497 e. The molecule has 2 N–H and O–H groups in total. The van der Waals surface area contributed by atoms with E-state index in [9.17, 15) is 0 Å². The van der Waals surface area contributed by atoms with Crippen LogP contribution < -0.4 is 10.1 Å². The molecule has 3 heteroatoms. The van der Waals surface area contributed by atoms with Gasteiger partial charge >= 0.3 is 0 Å². The van der Waals surface area contributed by atoms with Gasteiger partial charge in [0.2, 0.25) is 0 Å². The molecule has 1 aliphatic heterocycles. The van der Waals surface area contributed by atoms with Crippen molar-refractivity contribution in [2.45, 2.75) is 13.0 Å². The normalized spacial score (nSPS) is 18.2. The van der Waals surface area contributed by atoms with Crippen LogP contribution in [0.25, 0.3) is 17.0 Å². The number of methoxy groups -OCH3 is 1. The lowest BCUT2D eigenvalue weighted by Crippen LogP contribution is -2.15. The van der Waals surface area contributed by atoms with Crippen LogP contribution in [-0.4, -0.2) is 12.1 Å². The smallest absolute Gasteiger partial charge is 0.120 e. The highest BCUT2D eigenvalue weighted by atomic mass is 16.5. The molecule has 0 spiro atoms. The highest BCUT2D eigenvalue weighted by molar-refractivity contribution is 5.92. The Bertz CT molecular complexity index is 569. The molecule has 0 amide bonds. The maximum Gasteiger partial charge on any atom is 0.120 e. The molecule has 16 heavy (non-hydrogen) atoms. The van der Waals surface area contributed by atoms with Gasteiger partial charge in [-0.3, -0.25) is 0 Å². The number of benzene rings is 1. The fourth-order valence-corrected chi connectivity index (χ4v) is 2.23. The Kier molecular flexibility index (Phi) is 1.93. The number of hydrogen-bond acceptors (Lipinski definition) is 2. The first-order valence-corrected chi connectivity index (χ1v) is 5.42. The summed E-state index contributed by atoms with van der Waals surface area (Å²) in [5.74, 6) is 0.885. The lowest BCUT2D eigenvalue weighted by Gasteiger charge is -2.15. The minimum absolute atomic E-state index is 0.332. The number of aromatic nitrogens is 1. The van der Waals surface area contributed by atoms with Crippen molar-refractivity contribution < 1.29 is 4.74 Å². The topological polar surface area (TPSA) is 37.0 Å². The quantitative estimate of drug-likeness (QED) is 0.766. The van der Waals surface area contributed by atoms with Gasteiger partial charge in [0, 0.05) is 28.2 Å². The lowest BCUT2D eigenvalue weighted by atomic mass is 10.0. The second-order valence-corrected chi connectivity index (χ2v) is 4.09. The van der Waals surface area contributed by atoms with E-state index in [-0.39, 0.29) is 0 Å². The largest absolute Gasteiger partial charge is 0.497 e. The molecule has 0 fully saturated rings. The second-order valence-electron chi connectivity index (χ2n) is 4.09. The molecule has 0 bridgehead atoms. The lowest BCUT2D eigenvalue weighted by molar-refractivity contribution is 0.415. The summed E-state index contributed by atoms with van der Waals surface area (Å²) in [7, 11) is 1.69. The first-order chi connectivity index (χ1) is 7.79. The van der Waals surface area contributed by atoms with Gasteiger partial charge in [-0.15, -0.1) is 0 Å². The zero-order valence-corrected chi connectivity index (χ0v) is 9.37. The maximum absolute atomic E-state index is 5.23. The monoisotopic (exact) mass is 214 g/mol. The van der Waals surface area contributed by atoms with Gasteiger partial charge in [-0.1, -0.05) is 0 Å². The summed E-state index contributed by atoms with van der Waals surface area (Å²) in [6, 6.07) is 6.47. The molecule has 1 aromatic heterocycles. The molecule has 2 aromatic rings. The zero-order valence-electron chi connectivity index (χ0n) is 9.37. The molecule has 0 aliphatic carbocycles. The van der Waals surface area contributed by atoms with Gasteiger partial charge in [-0.25, -0.2) is 0 Å². The van der Waals surface area contributed by atoms with E-state index in [1.807, 2.05) is 18.3 Å². The number of hydrogen-bond donors (Lipinski definition) is 2. The van der Waals surface area contributed by atoms with Crippen LogP contribution in [0.2, 0.25) is 0 Å². The Morgan fingerprint density at radius 2 is 2.19 bits per heavy atom. The number of rotatable bonds is 1. The molecule has 3 rings (SSSR count). The summed E-state index contributed by atoms with van der Waals surface area (Å²) < 4.78 is 5.23. The van der Waals surface area contributed by atoms with Crippen molar-refractivity contribution in [2.75, 3.05) is 7.11 Å². The summed E-state index contributed by atoms with van der Waals surface area (Å²) in [6.07, 6.45) is 4.12. The molecule has 1 unspecified atom stereocenters. The minimum atomic E-state index is 0.332. The highest BCUT2D eigenvalue weighted by Crippen LogP contribution is 2.31. The second kappa shape index (κ2) is 3.30. The highest BCUT2D eigenvalue weighted by Gasteiger charge is 2.17. The first kappa shape index (κ1) is 9.33. The van der Waals surface area contributed by atoms with Crippen LogP contribution in [0.4, 0.5) is 0 Å². The fourth-order valence-electron chi connectivity index (χ4n) is 2.23. The van der Waals surface area contributed by atoms with E-state index in [0.717, 1.165) is 11.3 Å². The standard InChI is InChI=1S/C13H14N2O/c1-8-13-11(5-6-14-8)10-4-3-9(16-2)7-12(10)15-13/h3-8,14-15H,1-2H3. The number of ether oxygens (including phenoxy) is 1. The van der Waals surface area contributed by atoms with Crippen molar-refractivity contribution in [1.29, 1.82) is 0 Å². The molecular formula is C13H14N2O. The molecule has 1 atom stereocenters. The van der Waals surface area contributed by atoms with Crippen molar-refractivity contribution in [3.8, 4) is 5.75 Å². The third kappa shape index (κ3) is 1.21. The predicted molar refractivity (Wildman–Crippen MR) is 65.4 cm³/mol. The summed E-state index contributed by atoms with van der Waals surface area (Å²) in [4.78, 5) is 3.45. The van der Waals surface area contributed by atoms with Crippen LogP contribution in [-0.2, 0) is 0 Å². The maximum atomic E-state index is 5.23. The van der Waals surface area contributed by atoms with Crippen LogP contribution in [0.3, 0.4) is 0 Å². The van der Waals surface area contributed by atoms with E-state index in [1.165, 1.54) is 16.6 Å². The zero-order chi connectivity index (χ0) is 11.1. The van der Waals surface area contributed by atoms with Crippen molar-refractivity contribution >= 4 is 17.0 Å². The first-order valence-electron chi connectivity index (χ1n) is 5.42. The summed E-state index contributed by atoms with van der Waals surface area (Å²) in [5.41, 5.74) is 3.65. The fraction of sp³-hybridized carbons (Fsp3) is 0.231. The van der Waals surface area contributed by atoms with E-state index < -0.39 is 0 Å². The summed E-state index contributed by atoms with van der Waals surface area (Å²) in [6.45, 7) is 2.15. The molecule has 0 saturated heterocycles. The molecule has 1 aliphatic rings. The molecule has 82 valence electrons. The van der Waals surface area contributed by atoms with Gasteiger partial charge in [0.05, 0.1) is 13.2 Å². The van der Waals surface area contributed by atoms with Gasteiger partial charge in [0.25, 0.3) is 0 Å². The van der Waals surface area contributed by atoms with Crippen molar-refractivity contribution in [3.63, 3.8) is 0 Å². The Labute approximate surface area is 94.1 Å². The van der Waals surface area contributed by atoms with Gasteiger partial charge in [-0.2, -0.15) is 0 Å². The number of fused-ring (bicyclic) bond motifs is 3. The predicted octanol–water partition coefficient (Wildman–Crippen LogP) is 2.81. The Balaban J connectivity index is 2.28. The number of H-pyrrole nitrogens is 1. The van der Waals surface area contributed by atoms with Crippen LogP contribution in [0, 0.1) is 0 Å². The average molecular weight is 214 g/mol. The Morgan fingerprint density at radius 1 is 1.31 bits per heavy atom. The number of nitrogens with one attached hydrogen (secondary N) is 2. The van der Waals surface area contributed by atoms with Crippen LogP contribution in [0.5, 0.6) is 5.75 Å². The van der Waals surface area contributed by atoms with E-state index in [0.29, 0.717) is 6.04 Å². The molecule has 3 nitrogen and oxygen atoms in total. The van der Waals surface area contributed by atoms with E-state index >= 15 is 0 Å². The van der Waals surface area contributed by atoms with Crippen LogP contribution in [0.1, 0.15) is 24.2 Å². The van der Waals surface area contributed by atoms with Crippen molar-refractivity contribution in [1.82, 2.24) is 10.3 Å². The molecule has 0 saturated carbocycles. The Morgan fingerprint density at radius 3 is 3.00 bits per heavy atom. The van der Waals surface area contributed by atoms with Gasteiger partial charge in [-0.05, 0) is 31.3 Å². The molecule has 2 heterocycles. The summed E-state index contributed by atoms with van der Waals surface area (Å²) >= 11 is 0. The van der Waals surface area contributed by atoms with E-state index in [4.69, 9.17) is 4.74 Å². The molecule has 1 aromatic carbocycles. The third-order valence-corrected chi connectivity index (χ3v) is 3.11. The van der Waals surface area contributed by atoms with Crippen molar-refractivity contribution in [3.05, 3.63) is 35.7 Å². The Hall–Kier alpha value is -1.90. The molecule has 0 radical (unpaired) electrons. The van der Waals surface area contributed by atoms with Gasteiger partial charge < -0.3 is 15.0 Å². The average Bonchev–Trinajstić information content (AvgIpc) is 2.68. The molecular weight excluding hydrogens is 200 g/mol. The van der Waals surface area contributed by atoms with E-state index in [2.05, 4.69) is 29.4 Å². The van der Waals surface area contributed by atoms with E-state index in [1.54, 1.807) is 7.11 Å². The van der Waals surface area contributed by atoms with Crippen LogP contribution in [0.15, 0.2) is 24.4 Å².